The Bertz CT molecular complexity index is 271. The Hall–Kier alpha value is 0.719. The van der Waals surface area contributed by atoms with E-state index in [0.29, 0.717) is 12.1 Å². The van der Waals surface area contributed by atoms with Crippen LogP contribution in [0.4, 0.5) is 0 Å². The molecule has 0 unspecified atom stereocenters. The van der Waals surface area contributed by atoms with Crippen LogP contribution in [0.1, 0.15) is 76.2 Å². The first-order valence-electron chi connectivity index (χ1n) is 8.28. The Morgan fingerprint density at radius 1 is 0.750 bits per heavy atom. The predicted molar refractivity (Wildman–Crippen MR) is 95.6 cm³/mol. The molecule has 0 bridgehead atoms. The average molecular weight is 391 g/mol. The Labute approximate surface area is 133 Å². The second kappa shape index (κ2) is 6.87. The van der Waals surface area contributed by atoms with Crippen molar-refractivity contribution in [1.29, 1.82) is 0 Å². The molecule has 0 amide bonds. The normalized spacial score (nSPS) is 15.0. The van der Waals surface area contributed by atoms with E-state index in [2.05, 4.69) is 87.3 Å². The molecule has 0 N–H and O–H groups in total. The van der Waals surface area contributed by atoms with Crippen molar-refractivity contribution in [3.05, 3.63) is 0 Å². The van der Waals surface area contributed by atoms with Crippen molar-refractivity contribution in [2.45, 2.75) is 109 Å². The second-order valence-corrected chi connectivity index (χ2v) is 20.6. The van der Waals surface area contributed by atoms with Gasteiger partial charge in [0.05, 0.1) is 0 Å². The summed E-state index contributed by atoms with van der Waals surface area (Å²) >= 11 is -2.62. The molecule has 0 aromatic carbocycles. The summed E-state index contributed by atoms with van der Waals surface area (Å²) < 4.78 is 7.12. The fraction of sp³-hybridized carbons (Fsp3) is 1.00. The van der Waals surface area contributed by atoms with E-state index in [1.54, 1.807) is 0 Å². The zero-order valence-corrected chi connectivity index (χ0v) is 19.1. The van der Waals surface area contributed by atoms with E-state index in [0.717, 1.165) is 0 Å². The predicted octanol–water partition coefficient (Wildman–Crippen LogP) is 5.10. The van der Waals surface area contributed by atoms with Gasteiger partial charge in [-0.15, -0.1) is 0 Å². The Morgan fingerprint density at radius 2 is 1.00 bits per heavy atom. The van der Waals surface area contributed by atoms with Crippen molar-refractivity contribution < 1.29 is 0 Å². The van der Waals surface area contributed by atoms with Crippen LogP contribution in [0.3, 0.4) is 0 Å². The van der Waals surface area contributed by atoms with Gasteiger partial charge in [-0.25, -0.2) is 0 Å². The van der Waals surface area contributed by atoms with Crippen LogP contribution in [0.2, 0.25) is 9.38 Å². The topological polar surface area (TPSA) is 6.48 Å². The van der Waals surface area contributed by atoms with E-state index in [9.17, 15) is 0 Å². The molecule has 0 atom stereocenters. The van der Waals surface area contributed by atoms with E-state index < -0.39 is 18.9 Å². The molecule has 0 spiro atoms. The molecule has 0 aliphatic heterocycles. The van der Waals surface area contributed by atoms with Crippen LogP contribution in [0.25, 0.3) is 0 Å². The molecular formula is C17H40N2Sn. The van der Waals surface area contributed by atoms with Crippen LogP contribution in [0.5, 0.6) is 0 Å². The third-order valence-electron chi connectivity index (χ3n) is 4.19. The monoisotopic (exact) mass is 392 g/mol. The maximum absolute atomic E-state index is 2.90. The summed E-state index contributed by atoms with van der Waals surface area (Å²) in [5.41, 5.74) is 0.487. The molecule has 0 saturated heterocycles. The van der Waals surface area contributed by atoms with E-state index in [-0.39, 0.29) is 11.1 Å². The quantitative estimate of drug-likeness (QED) is 0.602. The summed E-state index contributed by atoms with van der Waals surface area (Å²) in [5.74, 6) is 0. The number of rotatable bonds is 5. The fourth-order valence-electron chi connectivity index (χ4n) is 4.56. The third-order valence-corrected chi connectivity index (χ3v) is 20.7. The van der Waals surface area contributed by atoms with Gasteiger partial charge in [0.25, 0.3) is 0 Å². The molecular weight excluding hydrogens is 351 g/mol. The molecule has 0 rings (SSSR count). The molecule has 0 aromatic heterocycles. The summed E-state index contributed by atoms with van der Waals surface area (Å²) in [6, 6.07) is 1.22. The first kappa shape index (κ1) is 20.7. The Morgan fingerprint density at radius 3 is 1.10 bits per heavy atom. The minimum atomic E-state index is -2.62. The van der Waals surface area contributed by atoms with E-state index >= 15 is 0 Å². The minimum absolute atomic E-state index is 0.243. The molecule has 20 heavy (non-hydrogen) atoms. The van der Waals surface area contributed by atoms with Crippen molar-refractivity contribution in [1.82, 2.24) is 6.24 Å². The molecule has 0 saturated carbocycles. The van der Waals surface area contributed by atoms with Crippen molar-refractivity contribution >= 4 is 18.9 Å². The summed E-state index contributed by atoms with van der Waals surface area (Å²) in [5, 5.41) is 0. The van der Waals surface area contributed by atoms with Gasteiger partial charge in [-0.05, 0) is 0 Å². The standard InChI is InChI=1S/2C7H16N.C2H5.CH3.Sn/c2*1-6(2)8-7(3,4)5;1-2;;/h2*6H,1-5H3;1H2,2H3;1H3;/q2*-1;;;+2. The van der Waals surface area contributed by atoms with Crippen LogP contribution < -0.4 is 0 Å². The van der Waals surface area contributed by atoms with Crippen molar-refractivity contribution in [3.63, 3.8) is 0 Å². The van der Waals surface area contributed by atoms with Gasteiger partial charge in [-0.1, -0.05) is 0 Å². The van der Waals surface area contributed by atoms with Crippen LogP contribution in [-0.4, -0.2) is 48.3 Å². The second-order valence-electron chi connectivity index (χ2n) is 8.84. The van der Waals surface area contributed by atoms with E-state index in [1.165, 1.54) is 4.44 Å². The maximum atomic E-state index is 2.90. The molecule has 0 aliphatic rings. The van der Waals surface area contributed by atoms with Gasteiger partial charge < -0.3 is 0 Å². The Kier molecular flexibility index (Phi) is 7.11. The molecule has 3 heteroatoms. The molecule has 0 radical (unpaired) electrons. The fourth-order valence-corrected chi connectivity index (χ4v) is 21.8. The average Bonchev–Trinajstić information content (AvgIpc) is 2.10. The first-order valence-corrected chi connectivity index (χ1v) is 15.7. The number of hydrogen-bond donors (Lipinski definition) is 0. The van der Waals surface area contributed by atoms with Crippen LogP contribution >= 0.6 is 0 Å². The van der Waals surface area contributed by atoms with Crippen molar-refractivity contribution in [2.24, 2.45) is 0 Å². The molecule has 0 heterocycles. The SMILES string of the molecule is C[CH2][Sn]([CH3])([N](C(C)C)C(C)(C)C)[N](C(C)C)C(C)(C)C. The van der Waals surface area contributed by atoms with Gasteiger partial charge in [-0.3, -0.25) is 0 Å². The molecule has 122 valence electrons. The molecule has 0 aliphatic carbocycles. The van der Waals surface area contributed by atoms with Crippen molar-refractivity contribution in [3.8, 4) is 0 Å². The first-order chi connectivity index (χ1) is 8.69. The number of hydrogen-bond acceptors (Lipinski definition) is 2. The molecule has 0 aromatic rings. The van der Waals surface area contributed by atoms with Gasteiger partial charge in [0.1, 0.15) is 0 Å². The zero-order chi connectivity index (χ0) is 16.5. The van der Waals surface area contributed by atoms with Gasteiger partial charge >= 0.3 is 134 Å². The van der Waals surface area contributed by atoms with Crippen LogP contribution in [0, 0.1) is 0 Å². The number of nitrogens with zero attached hydrogens (tertiary/aromatic N) is 2. The van der Waals surface area contributed by atoms with Gasteiger partial charge in [0.15, 0.2) is 0 Å². The van der Waals surface area contributed by atoms with Crippen molar-refractivity contribution in [2.75, 3.05) is 0 Å². The zero-order valence-electron chi connectivity index (χ0n) is 16.3. The molecule has 2 nitrogen and oxygen atoms in total. The van der Waals surface area contributed by atoms with Crippen LogP contribution in [0.15, 0.2) is 0 Å². The summed E-state index contributed by atoms with van der Waals surface area (Å²) in [7, 11) is 0. The third kappa shape index (κ3) is 4.61. The van der Waals surface area contributed by atoms with Gasteiger partial charge in [0.2, 0.25) is 0 Å². The van der Waals surface area contributed by atoms with E-state index in [4.69, 9.17) is 0 Å². The van der Waals surface area contributed by atoms with Crippen LogP contribution in [-0.2, 0) is 0 Å². The van der Waals surface area contributed by atoms with Gasteiger partial charge in [-0.2, -0.15) is 0 Å². The summed E-state index contributed by atoms with van der Waals surface area (Å²) in [6.45, 7) is 26.2. The van der Waals surface area contributed by atoms with Gasteiger partial charge in [0, 0.05) is 0 Å². The molecule has 0 fully saturated rings. The summed E-state index contributed by atoms with van der Waals surface area (Å²) in [6.07, 6.45) is 0. The van der Waals surface area contributed by atoms with E-state index in [1.807, 2.05) is 0 Å². The Balaban J connectivity index is 5.99. The summed E-state index contributed by atoms with van der Waals surface area (Å²) in [4.78, 5) is 2.63.